The molecule has 0 spiro atoms. The number of carbonyl (C=O) groups is 4. The van der Waals surface area contributed by atoms with Crippen LogP contribution < -0.4 is 0 Å². The maximum atomic E-state index is 11.8. The Kier molecular flexibility index (Phi) is 10.8. The zero-order valence-corrected chi connectivity index (χ0v) is 18.1. The van der Waals surface area contributed by atoms with Crippen molar-refractivity contribution in [2.24, 2.45) is 0 Å². The van der Waals surface area contributed by atoms with Gasteiger partial charge in [0.25, 0.3) is 11.8 Å². The molecule has 2 aromatic carbocycles. The average molecular weight is 411 g/mol. The van der Waals surface area contributed by atoms with E-state index in [0.717, 1.165) is 23.7 Å². The smallest absolute Gasteiger partial charge is 0.253 e. The van der Waals surface area contributed by atoms with Gasteiger partial charge in [-0.05, 0) is 38.1 Å². The van der Waals surface area contributed by atoms with E-state index in [4.69, 9.17) is 0 Å². The van der Waals surface area contributed by atoms with Gasteiger partial charge in [-0.25, -0.2) is 0 Å². The van der Waals surface area contributed by atoms with Gasteiger partial charge in [-0.1, -0.05) is 35.4 Å². The second-order valence-electron chi connectivity index (χ2n) is 7.10. The fourth-order valence-corrected chi connectivity index (χ4v) is 2.69. The molecule has 0 aliphatic carbocycles. The minimum absolute atomic E-state index is 0.0412. The summed E-state index contributed by atoms with van der Waals surface area (Å²) >= 11 is 0. The van der Waals surface area contributed by atoms with E-state index < -0.39 is 0 Å². The maximum Gasteiger partial charge on any atom is 0.253 e. The van der Waals surface area contributed by atoms with E-state index in [1.165, 1.54) is 0 Å². The van der Waals surface area contributed by atoms with Crippen LogP contribution in [-0.4, -0.2) is 61.4 Å². The summed E-state index contributed by atoms with van der Waals surface area (Å²) in [5, 5.41) is 0. The SMILES string of the molecule is Cc1cccc(C(=O)N(C)CCC=O)c1.Cc1cccc(C(=O)N(C)CCC=O)c1. The highest BCUT2D eigenvalue weighted by atomic mass is 16.2. The number of aldehydes is 2. The number of amides is 2. The van der Waals surface area contributed by atoms with Gasteiger partial charge in [0.1, 0.15) is 12.6 Å². The lowest BCUT2D eigenvalue weighted by molar-refractivity contribution is -0.108. The van der Waals surface area contributed by atoms with Crippen molar-refractivity contribution in [3.8, 4) is 0 Å². The first kappa shape index (κ1) is 24.8. The van der Waals surface area contributed by atoms with Gasteiger partial charge >= 0.3 is 0 Å². The van der Waals surface area contributed by atoms with Crippen LogP contribution in [0.3, 0.4) is 0 Å². The Bertz CT molecular complexity index is 792. The van der Waals surface area contributed by atoms with Crippen LogP contribution in [0.25, 0.3) is 0 Å². The molecule has 160 valence electrons. The predicted octanol–water partition coefficient (Wildman–Crippen LogP) is 3.31. The molecular weight excluding hydrogens is 380 g/mol. The van der Waals surface area contributed by atoms with Gasteiger partial charge < -0.3 is 19.4 Å². The highest BCUT2D eigenvalue weighted by Crippen LogP contribution is 2.07. The Hall–Kier alpha value is -3.28. The molecule has 0 aliphatic heterocycles. The Morgan fingerprint density at radius 3 is 1.40 bits per heavy atom. The van der Waals surface area contributed by atoms with E-state index in [-0.39, 0.29) is 11.8 Å². The van der Waals surface area contributed by atoms with E-state index >= 15 is 0 Å². The summed E-state index contributed by atoms with van der Waals surface area (Å²) in [5.74, 6) is -0.0823. The monoisotopic (exact) mass is 410 g/mol. The largest absolute Gasteiger partial charge is 0.341 e. The van der Waals surface area contributed by atoms with Crippen LogP contribution in [0.5, 0.6) is 0 Å². The van der Waals surface area contributed by atoms with Crippen LogP contribution in [0.1, 0.15) is 44.7 Å². The Labute approximate surface area is 178 Å². The lowest BCUT2D eigenvalue weighted by atomic mass is 10.1. The highest BCUT2D eigenvalue weighted by molar-refractivity contribution is 5.94. The van der Waals surface area contributed by atoms with Crippen molar-refractivity contribution in [3.05, 3.63) is 70.8 Å². The molecular formula is C24H30N2O4. The van der Waals surface area contributed by atoms with Crippen LogP contribution in [0, 0.1) is 13.8 Å². The van der Waals surface area contributed by atoms with Crippen molar-refractivity contribution < 1.29 is 19.2 Å². The minimum Gasteiger partial charge on any atom is -0.341 e. The van der Waals surface area contributed by atoms with Crippen LogP contribution in [-0.2, 0) is 9.59 Å². The quantitative estimate of drug-likeness (QED) is 0.626. The molecule has 6 nitrogen and oxygen atoms in total. The molecule has 30 heavy (non-hydrogen) atoms. The van der Waals surface area contributed by atoms with Crippen molar-refractivity contribution in [2.45, 2.75) is 26.7 Å². The standard InChI is InChI=1S/2C12H15NO2/c2*1-10-5-3-6-11(9-10)12(15)13(2)7-4-8-14/h2*3,5-6,8-9H,4,7H2,1-2H3. The second-order valence-corrected chi connectivity index (χ2v) is 7.10. The first-order valence-electron chi connectivity index (χ1n) is 9.81. The molecule has 0 bridgehead atoms. The van der Waals surface area contributed by atoms with Gasteiger partial charge in [0.05, 0.1) is 0 Å². The number of hydrogen-bond acceptors (Lipinski definition) is 4. The van der Waals surface area contributed by atoms with E-state index in [9.17, 15) is 19.2 Å². The average Bonchev–Trinajstić information content (AvgIpc) is 2.75. The number of aryl methyl sites for hydroxylation is 2. The van der Waals surface area contributed by atoms with E-state index in [2.05, 4.69) is 0 Å². The molecule has 0 unspecified atom stereocenters. The third kappa shape index (κ3) is 8.39. The van der Waals surface area contributed by atoms with Gasteiger partial charge in [-0.3, -0.25) is 9.59 Å². The second kappa shape index (κ2) is 13.0. The van der Waals surface area contributed by atoms with Gasteiger partial charge in [-0.2, -0.15) is 0 Å². The Morgan fingerprint density at radius 2 is 1.10 bits per heavy atom. The summed E-state index contributed by atoms with van der Waals surface area (Å²) in [4.78, 5) is 47.1. The van der Waals surface area contributed by atoms with Crippen molar-refractivity contribution in [3.63, 3.8) is 0 Å². The molecule has 2 aromatic rings. The fourth-order valence-electron chi connectivity index (χ4n) is 2.69. The van der Waals surface area contributed by atoms with E-state index in [0.29, 0.717) is 37.1 Å². The van der Waals surface area contributed by atoms with Crippen LogP contribution in [0.2, 0.25) is 0 Å². The summed E-state index contributed by atoms with van der Waals surface area (Å²) < 4.78 is 0. The molecule has 0 saturated heterocycles. The molecule has 0 saturated carbocycles. The van der Waals surface area contributed by atoms with E-state index in [1.807, 2.05) is 50.2 Å². The predicted molar refractivity (Wildman–Crippen MR) is 118 cm³/mol. The minimum atomic E-state index is -0.0412. The molecule has 6 heteroatoms. The fraction of sp³-hybridized carbons (Fsp3) is 0.333. The molecule has 0 aromatic heterocycles. The first-order chi connectivity index (χ1) is 14.3. The molecule has 0 N–H and O–H groups in total. The molecule has 2 rings (SSSR count). The van der Waals surface area contributed by atoms with Gasteiger partial charge in [0, 0.05) is 51.2 Å². The summed E-state index contributed by atoms with van der Waals surface area (Å²) in [7, 11) is 3.41. The summed E-state index contributed by atoms with van der Waals surface area (Å²) in [6.45, 7) is 4.83. The first-order valence-corrected chi connectivity index (χ1v) is 9.81. The van der Waals surface area contributed by atoms with Gasteiger partial charge in [0.15, 0.2) is 0 Å². The summed E-state index contributed by atoms with van der Waals surface area (Å²) in [6, 6.07) is 14.9. The Balaban J connectivity index is 0.000000300. The third-order valence-electron chi connectivity index (χ3n) is 4.39. The molecule has 0 heterocycles. The number of nitrogens with zero attached hydrogens (tertiary/aromatic N) is 2. The van der Waals surface area contributed by atoms with Crippen LogP contribution >= 0.6 is 0 Å². The van der Waals surface area contributed by atoms with Gasteiger partial charge in [-0.15, -0.1) is 0 Å². The lowest BCUT2D eigenvalue weighted by Gasteiger charge is -2.15. The van der Waals surface area contributed by atoms with Crippen molar-refractivity contribution in [1.82, 2.24) is 9.80 Å². The van der Waals surface area contributed by atoms with Crippen LogP contribution in [0.15, 0.2) is 48.5 Å². The number of rotatable bonds is 8. The van der Waals surface area contributed by atoms with Crippen molar-refractivity contribution in [2.75, 3.05) is 27.2 Å². The molecule has 0 radical (unpaired) electrons. The van der Waals surface area contributed by atoms with Gasteiger partial charge in [0.2, 0.25) is 0 Å². The normalized spacial score (nSPS) is 9.73. The molecule has 0 aliphatic rings. The molecule has 0 fully saturated rings. The number of benzene rings is 2. The highest BCUT2D eigenvalue weighted by Gasteiger charge is 2.11. The molecule has 2 amide bonds. The topological polar surface area (TPSA) is 74.8 Å². The van der Waals surface area contributed by atoms with Crippen molar-refractivity contribution >= 4 is 24.4 Å². The number of hydrogen-bond donors (Lipinski definition) is 0. The summed E-state index contributed by atoms with van der Waals surface area (Å²) in [5.41, 5.74) is 3.46. The zero-order chi connectivity index (χ0) is 22.5. The number of carbonyl (C=O) groups excluding carboxylic acids is 4. The molecule has 0 atom stereocenters. The van der Waals surface area contributed by atoms with E-state index in [1.54, 1.807) is 36.0 Å². The van der Waals surface area contributed by atoms with Crippen molar-refractivity contribution in [1.29, 1.82) is 0 Å². The zero-order valence-electron chi connectivity index (χ0n) is 18.1. The summed E-state index contributed by atoms with van der Waals surface area (Å²) in [6.07, 6.45) is 2.40. The maximum absolute atomic E-state index is 11.8. The lowest BCUT2D eigenvalue weighted by Crippen LogP contribution is -2.27. The third-order valence-corrected chi connectivity index (χ3v) is 4.39. The Morgan fingerprint density at radius 1 is 0.733 bits per heavy atom. The van der Waals surface area contributed by atoms with Crippen LogP contribution in [0.4, 0.5) is 0 Å².